The molecule has 1 aromatic heterocycles. The first-order valence-corrected chi connectivity index (χ1v) is 7.20. The van der Waals surface area contributed by atoms with Crippen molar-refractivity contribution in [3.63, 3.8) is 0 Å². The van der Waals surface area contributed by atoms with Gasteiger partial charge in [0, 0.05) is 18.3 Å². The van der Waals surface area contributed by atoms with Gasteiger partial charge < -0.3 is 15.4 Å². The monoisotopic (exact) mass is 263 g/mol. The predicted molar refractivity (Wildman–Crippen MR) is 77.2 cm³/mol. The lowest BCUT2D eigenvalue weighted by Gasteiger charge is -2.32. The summed E-state index contributed by atoms with van der Waals surface area (Å²) >= 11 is 0. The molecule has 4 heteroatoms. The smallest absolute Gasteiger partial charge is 0.142 e. The fourth-order valence-corrected chi connectivity index (χ4v) is 2.69. The highest BCUT2D eigenvalue weighted by Gasteiger charge is 2.18. The van der Waals surface area contributed by atoms with E-state index < -0.39 is 0 Å². The Kier molecular flexibility index (Phi) is 5.16. The van der Waals surface area contributed by atoms with Crippen LogP contribution in [0.3, 0.4) is 0 Å². The molecular formula is C15H25N3O. The lowest BCUT2D eigenvalue weighted by molar-refractivity contribution is 0.152. The highest BCUT2D eigenvalue weighted by atomic mass is 16.5. The Labute approximate surface area is 116 Å². The van der Waals surface area contributed by atoms with Crippen molar-refractivity contribution in [2.24, 2.45) is 5.73 Å². The molecule has 0 bridgehead atoms. The van der Waals surface area contributed by atoms with Gasteiger partial charge in [-0.1, -0.05) is 6.42 Å². The van der Waals surface area contributed by atoms with Crippen molar-refractivity contribution >= 4 is 0 Å². The standard InChI is InChI=1S/C15H25N3O/c1-12-6-7-15(14(11-16)17-12)19-10-8-13-5-3-4-9-18(13)2/h6-7,13H,3-5,8-11,16H2,1-2H3. The lowest BCUT2D eigenvalue weighted by Crippen LogP contribution is -2.37. The quantitative estimate of drug-likeness (QED) is 0.884. The molecule has 0 aromatic carbocycles. The van der Waals surface area contributed by atoms with Gasteiger partial charge in [-0.25, -0.2) is 0 Å². The van der Waals surface area contributed by atoms with E-state index >= 15 is 0 Å². The number of ether oxygens (including phenoxy) is 1. The van der Waals surface area contributed by atoms with Gasteiger partial charge in [0.2, 0.25) is 0 Å². The maximum atomic E-state index is 5.86. The van der Waals surface area contributed by atoms with Crippen LogP contribution in [0.5, 0.6) is 5.75 Å². The van der Waals surface area contributed by atoms with Crippen LogP contribution in [0, 0.1) is 6.92 Å². The Morgan fingerprint density at radius 2 is 2.26 bits per heavy atom. The molecule has 19 heavy (non-hydrogen) atoms. The van der Waals surface area contributed by atoms with Gasteiger partial charge in [-0.05, 0) is 51.9 Å². The minimum Gasteiger partial charge on any atom is -0.492 e. The van der Waals surface area contributed by atoms with Crippen molar-refractivity contribution in [3.05, 3.63) is 23.5 Å². The maximum Gasteiger partial charge on any atom is 0.142 e. The van der Waals surface area contributed by atoms with Crippen LogP contribution < -0.4 is 10.5 Å². The van der Waals surface area contributed by atoms with Crippen molar-refractivity contribution < 1.29 is 4.74 Å². The number of rotatable bonds is 5. The Morgan fingerprint density at radius 1 is 1.42 bits per heavy atom. The molecule has 2 heterocycles. The van der Waals surface area contributed by atoms with Gasteiger partial charge in [-0.2, -0.15) is 0 Å². The Morgan fingerprint density at radius 3 is 3.00 bits per heavy atom. The molecule has 0 radical (unpaired) electrons. The van der Waals surface area contributed by atoms with Crippen LogP contribution in [-0.2, 0) is 6.54 Å². The van der Waals surface area contributed by atoms with Crippen molar-refractivity contribution in [1.82, 2.24) is 9.88 Å². The van der Waals surface area contributed by atoms with Crippen molar-refractivity contribution in [2.45, 2.75) is 45.2 Å². The van der Waals surface area contributed by atoms with Crippen LogP contribution in [0.15, 0.2) is 12.1 Å². The first-order valence-electron chi connectivity index (χ1n) is 7.20. The second-order valence-corrected chi connectivity index (χ2v) is 5.37. The second kappa shape index (κ2) is 6.87. The highest BCUT2D eigenvalue weighted by molar-refractivity contribution is 5.29. The minimum atomic E-state index is 0.431. The number of piperidine rings is 1. The fourth-order valence-electron chi connectivity index (χ4n) is 2.69. The number of aromatic nitrogens is 1. The van der Waals surface area contributed by atoms with E-state index in [-0.39, 0.29) is 0 Å². The largest absolute Gasteiger partial charge is 0.492 e. The minimum absolute atomic E-state index is 0.431. The van der Waals surface area contributed by atoms with Gasteiger partial charge >= 0.3 is 0 Å². The Hall–Kier alpha value is -1.13. The molecule has 106 valence electrons. The van der Waals surface area contributed by atoms with E-state index in [2.05, 4.69) is 16.9 Å². The van der Waals surface area contributed by atoms with E-state index in [0.717, 1.165) is 30.2 Å². The SMILES string of the molecule is Cc1ccc(OCCC2CCCCN2C)c(CN)n1. The summed E-state index contributed by atoms with van der Waals surface area (Å²) in [7, 11) is 2.21. The molecule has 1 atom stereocenters. The molecule has 2 rings (SSSR count). The normalized spacial score (nSPS) is 20.5. The van der Waals surface area contributed by atoms with Gasteiger partial charge in [0.1, 0.15) is 5.75 Å². The summed E-state index contributed by atoms with van der Waals surface area (Å²) in [6.07, 6.45) is 5.03. The highest BCUT2D eigenvalue weighted by Crippen LogP contribution is 2.20. The number of hydrogen-bond acceptors (Lipinski definition) is 4. The van der Waals surface area contributed by atoms with Crippen LogP contribution >= 0.6 is 0 Å². The molecular weight excluding hydrogens is 238 g/mol. The lowest BCUT2D eigenvalue weighted by atomic mass is 10.0. The van der Waals surface area contributed by atoms with E-state index in [4.69, 9.17) is 10.5 Å². The average molecular weight is 263 g/mol. The van der Waals surface area contributed by atoms with E-state index in [0.29, 0.717) is 12.6 Å². The first-order chi connectivity index (χ1) is 9.20. The van der Waals surface area contributed by atoms with Gasteiger partial charge in [0.25, 0.3) is 0 Å². The average Bonchev–Trinajstić information content (AvgIpc) is 2.42. The van der Waals surface area contributed by atoms with E-state index in [1.54, 1.807) is 0 Å². The van der Waals surface area contributed by atoms with Crippen molar-refractivity contribution in [1.29, 1.82) is 0 Å². The Bertz CT molecular complexity index is 408. The molecule has 1 unspecified atom stereocenters. The summed E-state index contributed by atoms with van der Waals surface area (Å²) in [4.78, 5) is 6.86. The fraction of sp³-hybridized carbons (Fsp3) is 0.667. The third-order valence-electron chi connectivity index (χ3n) is 3.90. The van der Waals surface area contributed by atoms with Crippen LogP contribution in [-0.4, -0.2) is 36.1 Å². The zero-order valence-corrected chi connectivity index (χ0v) is 12.1. The molecule has 0 aliphatic carbocycles. The second-order valence-electron chi connectivity index (χ2n) is 5.37. The van der Waals surface area contributed by atoms with Crippen molar-refractivity contribution in [2.75, 3.05) is 20.2 Å². The molecule has 1 aliphatic rings. The molecule has 0 saturated carbocycles. The summed E-state index contributed by atoms with van der Waals surface area (Å²) in [5.41, 5.74) is 7.55. The molecule has 0 spiro atoms. The third-order valence-corrected chi connectivity index (χ3v) is 3.90. The summed E-state index contributed by atoms with van der Waals surface area (Å²) < 4.78 is 5.86. The van der Waals surface area contributed by atoms with Gasteiger partial charge in [-0.3, -0.25) is 4.98 Å². The number of likely N-dealkylation sites (tertiary alicyclic amines) is 1. The number of nitrogens with zero attached hydrogens (tertiary/aromatic N) is 2. The summed E-state index contributed by atoms with van der Waals surface area (Å²) in [5.74, 6) is 0.839. The molecule has 1 saturated heterocycles. The maximum absolute atomic E-state index is 5.86. The molecule has 1 aromatic rings. The van der Waals surface area contributed by atoms with Gasteiger partial charge in [-0.15, -0.1) is 0 Å². The van der Waals surface area contributed by atoms with Gasteiger partial charge in [0.15, 0.2) is 0 Å². The van der Waals surface area contributed by atoms with Crippen LogP contribution in [0.25, 0.3) is 0 Å². The van der Waals surface area contributed by atoms with Crippen LogP contribution in [0.4, 0.5) is 0 Å². The van der Waals surface area contributed by atoms with Gasteiger partial charge in [0.05, 0.1) is 12.3 Å². The topological polar surface area (TPSA) is 51.4 Å². The van der Waals surface area contributed by atoms with E-state index in [9.17, 15) is 0 Å². The molecule has 1 aliphatic heterocycles. The first kappa shape index (κ1) is 14.3. The Balaban J connectivity index is 1.85. The number of pyridine rings is 1. The zero-order valence-electron chi connectivity index (χ0n) is 12.1. The molecule has 4 nitrogen and oxygen atoms in total. The number of nitrogens with two attached hydrogens (primary N) is 1. The number of hydrogen-bond donors (Lipinski definition) is 1. The van der Waals surface area contributed by atoms with Crippen molar-refractivity contribution in [3.8, 4) is 5.75 Å². The molecule has 1 fully saturated rings. The van der Waals surface area contributed by atoms with E-state index in [1.807, 2.05) is 19.1 Å². The predicted octanol–water partition coefficient (Wildman–Crippen LogP) is 2.10. The van der Waals surface area contributed by atoms with E-state index in [1.165, 1.54) is 25.8 Å². The van der Waals surface area contributed by atoms with Crippen LogP contribution in [0.2, 0.25) is 0 Å². The third kappa shape index (κ3) is 3.91. The molecule has 2 N–H and O–H groups in total. The molecule has 0 amide bonds. The summed E-state index contributed by atoms with van der Waals surface area (Å²) in [6.45, 7) is 4.36. The zero-order chi connectivity index (χ0) is 13.7. The number of aryl methyl sites for hydroxylation is 1. The van der Waals surface area contributed by atoms with Crippen LogP contribution in [0.1, 0.15) is 37.1 Å². The summed E-state index contributed by atoms with van der Waals surface area (Å²) in [5, 5.41) is 0. The summed E-state index contributed by atoms with van der Waals surface area (Å²) in [6, 6.07) is 4.62.